The maximum atomic E-state index is 5.50. The third kappa shape index (κ3) is 4.71. The van der Waals surface area contributed by atoms with Crippen LogP contribution < -0.4 is 5.32 Å². The van der Waals surface area contributed by atoms with Gasteiger partial charge in [0.2, 0.25) is 0 Å². The minimum atomic E-state index is -0.0292. The van der Waals surface area contributed by atoms with Crippen molar-refractivity contribution in [1.29, 1.82) is 0 Å². The summed E-state index contributed by atoms with van der Waals surface area (Å²) in [7, 11) is 1.79. The Balaban J connectivity index is 2.64. The van der Waals surface area contributed by atoms with Crippen molar-refractivity contribution in [3.63, 3.8) is 0 Å². The van der Waals surface area contributed by atoms with Gasteiger partial charge in [-0.15, -0.1) is 11.3 Å². The Bertz CT molecular complexity index is 346. The van der Waals surface area contributed by atoms with E-state index >= 15 is 0 Å². The fraction of sp³-hybridized carbons (Fsp3) is 0.733. The fourth-order valence-electron chi connectivity index (χ4n) is 1.96. The molecular formula is C15H27NOS. The van der Waals surface area contributed by atoms with Gasteiger partial charge in [-0.25, -0.2) is 0 Å². The molecule has 0 radical (unpaired) electrons. The number of nitrogens with one attached hydrogen (secondary N) is 1. The molecule has 1 atom stereocenters. The third-order valence-corrected chi connectivity index (χ3v) is 4.76. The van der Waals surface area contributed by atoms with Crippen LogP contribution in [-0.4, -0.2) is 19.3 Å². The van der Waals surface area contributed by atoms with E-state index < -0.39 is 0 Å². The molecule has 2 nitrogen and oxygen atoms in total. The summed E-state index contributed by atoms with van der Waals surface area (Å²) in [4.78, 5) is 2.93. The van der Waals surface area contributed by atoms with E-state index in [9.17, 15) is 0 Å². The first-order chi connectivity index (χ1) is 8.52. The second-order valence-corrected chi connectivity index (χ2v) is 6.47. The molecule has 0 aliphatic carbocycles. The van der Waals surface area contributed by atoms with Crippen molar-refractivity contribution in [2.24, 2.45) is 0 Å². The largest absolute Gasteiger partial charge is 0.379 e. The fourth-order valence-corrected chi connectivity index (χ4v) is 3.02. The normalized spacial score (nSPS) is 13.8. The summed E-state index contributed by atoms with van der Waals surface area (Å²) in [6, 6.07) is 5.00. The standard InChI is InChI=1S/C15H27NOS/c1-6-12-8-9-14(18-12)13(16-7-2)10-11-15(3,4)17-5/h8-9,13,16H,6-7,10-11H2,1-5H3. The summed E-state index contributed by atoms with van der Waals surface area (Å²) in [5.41, 5.74) is -0.0292. The van der Waals surface area contributed by atoms with Crippen LogP contribution in [0.2, 0.25) is 0 Å². The average molecular weight is 269 g/mol. The highest BCUT2D eigenvalue weighted by Crippen LogP contribution is 2.29. The van der Waals surface area contributed by atoms with E-state index in [-0.39, 0.29) is 5.60 Å². The van der Waals surface area contributed by atoms with Crippen LogP contribution in [0.3, 0.4) is 0 Å². The summed E-state index contributed by atoms with van der Waals surface area (Å²) < 4.78 is 5.50. The molecule has 0 fully saturated rings. The molecule has 104 valence electrons. The predicted octanol–water partition coefficient (Wildman–Crippen LogP) is 4.17. The maximum Gasteiger partial charge on any atom is 0.0623 e. The molecule has 0 bridgehead atoms. The summed E-state index contributed by atoms with van der Waals surface area (Å²) in [6.45, 7) is 9.70. The lowest BCUT2D eigenvalue weighted by atomic mass is 9.98. The number of hydrogen-bond acceptors (Lipinski definition) is 3. The van der Waals surface area contributed by atoms with E-state index in [2.05, 4.69) is 45.1 Å². The first-order valence-electron chi connectivity index (χ1n) is 6.89. The van der Waals surface area contributed by atoms with Crippen LogP contribution in [0.1, 0.15) is 56.3 Å². The molecule has 0 spiro atoms. The van der Waals surface area contributed by atoms with Gasteiger partial charge in [0.1, 0.15) is 0 Å². The molecule has 3 heteroatoms. The van der Waals surface area contributed by atoms with Gasteiger partial charge in [-0.1, -0.05) is 13.8 Å². The smallest absolute Gasteiger partial charge is 0.0623 e. The van der Waals surface area contributed by atoms with Crippen molar-refractivity contribution in [3.8, 4) is 0 Å². The summed E-state index contributed by atoms with van der Waals surface area (Å²) in [6.07, 6.45) is 3.33. The Morgan fingerprint density at radius 3 is 2.56 bits per heavy atom. The quantitative estimate of drug-likeness (QED) is 0.765. The zero-order valence-corrected chi connectivity index (χ0v) is 13.2. The SMILES string of the molecule is CCNC(CCC(C)(C)OC)c1ccc(CC)s1. The molecule has 1 N–H and O–H groups in total. The minimum Gasteiger partial charge on any atom is -0.379 e. The van der Waals surface area contributed by atoms with Crippen molar-refractivity contribution in [1.82, 2.24) is 5.32 Å². The van der Waals surface area contributed by atoms with E-state index in [1.807, 2.05) is 11.3 Å². The molecule has 1 unspecified atom stereocenters. The second-order valence-electron chi connectivity index (χ2n) is 5.27. The first kappa shape index (κ1) is 15.7. The van der Waals surface area contributed by atoms with Gasteiger partial charge in [-0.3, -0.25) is 0 Å². The minimum absolute atomic E-state index is 0.0292. The van der Waals surface area contributed by atoms with E-state index in [4.69, 9.17) is 4.74 Å². The Kier molecular flexibility index (Phi) is 6.33. The van der Waals surface area contributed by atoms with E-state index in [0.29, 0.717) is 6.04 Å². The molecule has 0 aliphatic heterocycles. The van der Waals surface area contributed by atoms with Crippen LogP contribution in [0.4, 0.5) is 0 Å². The number of aryl methyl sites for hydroxylation is 1. The molecule has 1 rings (SSSR count). The summed E-state index contributed by atoms with van der Waals surface area (Å²) >= 11 is 1.94. The summed E-state index contributed by atoms with van der Waals surface area (Å²) in [5.74, 6) is 0. The average Bonchev–Trinajstić information content (AvgIpc) is 2.83. The zero-order chi connectivity index (χ0) is 13.6. The van der Waals surface area contributed by atoms with Crippen molar-refractivity contribution >= 4 is 11.3 Å². The van der Waals surface area contributed by atoms with Crippen LogP contribution in [0.5, 0.6) is 0 Å². The lowest BCUT2D eigenvalue weighted by molar-refractivity contribution is 0.0118. The van der Waals surface area contributed by atoms with Crippen molar-refractivity contribution < 1.29 is 4.74 Å². The number of ether oxygens (including phenoxy) is 1. The first-order valence-corrected chi connectivity index (χ1v) is 7.71. The molecule has 1 heterocycles. The maximum absolute atomic E-state index is 5.50. The molecule has 0 aliphatic rings. The lowest BCUT2D eigenvalue weighted by Crippen LogP contribution is -2.27. The number of rotatable bonds is 8. The molecule has 18 heavy (non-hydrogen) atoms. The molecule has 0 aromatic carbocycles. The van der Waals surface area contributed by atoms with Gasteiger partial charge < -0.3 is 10.1 Å². The van der Waals surface area contributed by atoms with E-state index in [1.54, 1.807) is 7.11 Å². The van der Waals surface area contributed by atoms with Crippen molar-refractivity contribution in [2.45, 2.75) is 58.6 Å². The lowest BCUT2D eigenvalue weighted by Gasteiger charge is -2.26. The van der Waals surface area contributed by atoms with E-state index in [0.717, 1.165) is 25.8 Å². The molecule has 0 saturated heterocycles. The van der Waals surface area contributed by atoms with Gasteiger partial charge in [-0.2, -0.15) is 0 Å². The Morgan fingerprint density at radius 1 is 1.33 bits per heavy atom. The van der Waals surface area contributed by atoms with Crippen LogP contribution in [0.25, 0.3) is 0 Å². The number of methoxy groups -OCH3 is 1. The molecular weight excluding hydrogens is 242 g/mol. The van der Waals surface area contributed by atoms with Gasteiger partial charge >= 0.3 is 0 Å². The molecule has 1 aromatic heterocycles. The van der Waals surface area contributed by atoms with Crippen LogP contribution >= 0.6 is 11.3 Å². The van der Waals surface area contributed by atoms with Gasteiger partial charge in [0.05, 0.1) is 5.60 Å². The van der Waals surface area contributed by atoms with Crippen molar-refractivity contribution in [2.75, 3.05) is 13.7 Å². The third-order valence-electron chi connectivity index (χ3n) is 3.41. The highest BCUT2D eigenvalue weighted by atomic mass is 32.1. The second kappa shape index (κ2) is 7.27. The molecule has 0 amide bonds. The predicted molar refractivity (Wildman–Crippen MR) is 80.4 cm³/mol. The van der Waals surface area contributed by atoms with Gasteiger partial charge in [-0.05, 0) is 51.8 Å². The highest BCUT2D eigenvalue weighted by Gasteiger charge is 2.20. The van der Waals surface area contributed by atoms with Crippen LogP contribution in [0, 0.1) is 0 Å². The van der Waals surface area contributed by atoms with E-state index in [1.165, 1.54) is 9.75 Å². The van der Waals surface area contributed by atoms with Crippen molar-refractivity contribution in [3.05, 3.63) is 21.9 Å². The number of hydrogen-bond donors (Lipinski definition) is 1. The van der Waals surface area contributed by atoms with Gasteiger partial charge in [0.25, 0.3) is 0 Å². The molecule has 0 saturated carbocycles. The monoisotopic (exact) mass is 269 g/mol. The van der Waals surface area contributed by atoms with Gasteiger partial charge in [0, 0.05) is 22.9 Å². The summed E-state index contributed by atoms with van der Waals surface area (Å²) in [5, 5.41) is 3.59. The Morgan fingerprint density at radius 2 is 2.06 bits per heavy atom. The Hall–Kier alpha value is -0.380. The van der Waals surface area contributed by atoms with Crippen LogP contribution in [0.15, 0.2) is 12.1 Å². The number of thiophene rings is 1. The van der Waals surface area contributed by atoms with Crippen LogP contribution in [-0.2, 0) is 11.2 Å². The highest BCUT2D eigenvalue weighted by molar-refractivity contribution is 7.12. The Labute approximate surface area is 116 Å². The zero-order valence-electron chi connectivity index (χ0n) is 12.4. The molecule has 1 aromatic rings. The topological polar surface area (TPSA) is 21.3 Å². The van der Waals surface area contributed by atoms with Gasteiger partial charge in [0.15, 0.2) is 0 Å².